The molecule has 2 atom stereocenters. The van der Waals surface area contributed by atoms with Gasteiger partial charge in [0.25, 0.3) is 0 Å². The summed E-state index contributed by atoms with van der Waals surface area (Å²) in [6.45, 7) is 0. The van der Waals surface area contributed by atoms with Crippen LogP contribution >= 0.6 is 0 Å². The molecule has 17 heavy (non-hydrogen) atoms. The molecule has 0 radical (unpaired) electrons. The lowest BCUT2D eigenvalue weighted by Crippen LogP contribution is -2.43. The van der Waals surface area contributed by atoms with Crippen molar-refractivity contribution in [3.05, 3.63) is 23.8 Å². The Labute approximate surface area is 99.5 Å². The van der Waals surface area contributed by atoms with Gasteiger partial charge in [-0.3, -0.25) is 0 Å². The van der Waals surface area contributed by atoms with Gasteiger partial charge in [-0.15, -0.1) is 0 Å². The number of nitrogens with two attached hydrogens (primary N) is 1. The van der Waals surface area contributed by atoms with Crippen LogP contribution in [-0.2, 0) is 0 Å². The van der Waals surface area contributed by atoms with Gasteiger partial charge in [-0.1, -0.05) is 0 Å². The Morgan fingerprint density at radius 2 is 2.35 bits per heavy atom. The maximum Gasteiger partial charge on any atom is 0.174 e. The van der Waals surface area contributed by atoms with E-state index in [4.69, 9.17) is 10.5 Å². The van der Waals surface area contributed by atoms with Gasteiger partial charge in [0.05, 0.1) is 12.8 Å². The number of alkyl halides is 1. The molecule has 0 aromatic heterocycles. The molecule has 3 nitrogen and oxygen atoms in total. The minimum absolute atomic E-state index is 0.137. The molecule has 0 bridgehead atoms. The van der Waals surface area contributed by atoms with Crippen molar-refractivity contribution in [1.29, 1.82) is 0 Å². The number of nitrogens with zero attached hydrogens (tertiary/aromatic N) is 1. The molecular weight excluding hydrogens is 219 g/mol. The van der Waals surface area contributed by atoms with E-state index in [9.17, 15) is 4.39 Å². The van der Waals surface area contributed by atoms with Crippen molar-refractivity contribution in [2.75, 3.05) is 7.11 Å². The molecule has 1 saturated carbocycles. The van der Waals surface area contributed by atoms with Gasteiger partial charge in [-0.25, -0.2) is 9.38 Å². The summed E-state index contributed by atoms with van der Waals surface area (Å²) in [7, 11) is 1.61. The Morgan fingerprint density at radius 1 is 1.53 bits per heavy atom. The van der Waals surface area contributed by atoms with Crippen molar-refractivity contribution in [1.82, 2.24) is 0 Å². The average molecular weight is 234 g/mol. The minimum Gasteiger partial charge on any atom is -0.497 e. The molecule has 1 aliphatic heterocycles. The van der Waals surface area contributed by atoms with Crippen molar-refractivity contribution in [2.24, 2.45) is 10.7 Å². The van der Waals surface area contributed by atoms with Crippen LogP contribution in [0, 0.1) is 0 Å². The fourth-order valence-electron chi connectivity index (χ4n) is 2.94. The Balaban J connectivity index is 2.17. The van der Waals surface area contributed by atoms with Crippen LogP contribution < -0.4 is 10.5 Å². The predicted molar refractivity (Wildman–Crippen MR) is 64.7 cm³/mol. The SMILES string of the molecule is COc1ccc2c(c1)C1CCCC1(F)C(N)=N2. The number of benzene rings is 1. The third kappa shape index (κ3) is 1.36. The summed E-state index contributed by atoms with van der Waals surface area (Å²) in [4.78, 5) is 4.20. The molecule has 1 aromatic rings. The molecular formula is C13H15FN2O. The number of rotatable bonds is 1. The maximum atomic E-state index is 14.8. The maximum absolute atomic E-state index is 14.8. The predicted octanol–water partition coefficient (Wildman–Crippen LogP) is 2.67. The third-order valence-electron chi connectivity index (χ3n) is 3.86. The van der Waals surface area contributed by atoms with Crippen LogP contribution in [0.1, 0.15) is 30.7 Å². The molecule has 2 unspecified atom stereocenters. The van der Waals surface area contributed by atoms with Crippen molar-refractivity contribution < 1.29 is 9.13 Å². The summed E-state index contributed by atoms with van der Waals surface area (Å²) in [5, 5.41) is 0. The third-order valence-corrected chi connectivity index (χ3v) is 3.86. The number of amidine groups is 1. The normalized spacial score (nSPS) is 30.5. The van der Waals surface area contributed by atoms with E-state index in [1.54, 1.807) is 7.11 Å². The van der Waals surface area contributed by atoms with Crippen LogP contribution in [0.25, 0.3) is 0 Å². The molecule has 3 rings (SSSR count). The fourth-order valence-corrected chi connectivity index (χ4v) is 2.94. The van der Waals surface area contributed by atoms with Gasteiger partial charge in [-0.05, 0) is 43.0 Å². The van der Waals surface area contributed by atoms with Gasteiger partial charge in [-0.2, -0.15) is 0 Å². The second-order valence-electron chi connectivity index (χ2n) is 4.73. The van der Waals surface area contributed by atoms with Gasteiger partial charge >= 0.3 is 0 Å². The van der Waals surface area contributed by atoms with Gasteiger partial charge in [0.15, 0.2) is 5.67 Å². The first kappa shape index (κ1) is 10.6. The summed E-state index contributed by atoms with van der Waals surface area (Å²) in [6, 6.07) is 5.56. The zero-order valence-electron chi connectivity index (χ0n) is 9.74. The molecule has 1 fully saturated rings. The summed E-state index contributed by atoms with van der Waals surface area (Å²) < 4.78 is 20.0. The van der Waals surface area contributed by atoms with Crippen molar-refractivity contribution >= 4 is 11.5 Å². The van der Waals surface area contributed by atoms with Gasteiger partial charge in [0.2, 0.25) is 0 Å². The summed E-state index contributed by atoms with van der Waals surface area (Å²) in [5.74, 6) is 0.719. The monoisotopic (exact) mass is 234 g/mol. The number of halogens is 1. The number of fused-ring (bicyclic) bond motifs is 3. The minimum atomic E-state index is -1.45. The average Bonchev–Trinajstić information content (AvgIpc) is 2.73. The standard InChI is InChI=1S/C13H15FN2O/c1-17-8-4-5-11-9(7-8)10-3-2-6-13(10,14)12(15)16-11/h4-5,7,10H,2-3,6H2,1H3,(H2,15,16). The van der Waals surface area contributed by atoms with Crippen LogP contribution in [0.4, 0.5) is 10.1 Å². The Hall–Kier alpha value is -1.58. The van der Waals surface area contributed by atoms with E-state index in [0.717, 1.165) is 29.8 Å². The second kappa shape index (κ2) is 3.45. The number of ether oxygens (including phenoxy) is 1. The van der Waals surface area contributed by atoms with Gasteiger partial charge < -0.3 is 10.5 Å². The van der Waals surface area contributed by atoms with E-state index >= 15 is 0 Å². The van der Waals surface area contributed by atoms with Crippen LogP contribution in [0.5, 0.6) is 5.75 Å². The van der Waals surface area contributed by atoms with E-state index in [0.29, 0.717) is 6.42 Å². The van der Waals surface area contributed by atoms with E-state index in [2.05, 4.69) is 4.99 Å². The van der Waals surface area contributed by atoms with Gasteiger partial charge in [0, 0.05) is 5.92 Å². The quantitative estimate of drug-likeness (QED) is 0.812. The molecule has 90 valence electrons. The lowest BCUT2D eigenvalue weighted by Gasteiger charge is -2.32. The lowest BCUT2D eigenvalue weighted by atomic mass is 9.82. The van der Waals surface area contributed by atoms with Crippen molar-refractivity contribution in [2.45, 2.75) is 30.8 Å². The molecule has 0 amide bonds. The highest BCUT2D eigenvalue weighted by Gasteiger charge is 2.50. The number of aliphatic imine (C=N–C) groups is 1. The zero-order chi connectivity index (χ0) is 12.0. The summed E-state index contributed by atoms with van der Waals surface area (Å²) in [6.07, 6.45) is 2.16. The molecule has 4 heteroatoms. The smallest absolute Gasteiger partial charge is 0.174 e. The number of hydrogen-bond donors (Lipinski definition) is 1. The second-order valence-corrected chi connectivity index (χ2v) is 4.73. The molecule has 1 heterocycles. The van der Waals surface area contributed by atoms with E-state index in [1.807, 2.05) is 18.2 Å². The Kier molecular flexibility index (Phi) is 2.15. The topological polar surface area (TPSA) is 47.6 Å². The van der Waals surface area contributed by atoms with Gasteiger partial charge in [0.1, 0.15) is 11.6 Å². The first-order valence-electron chi connectivity index (χ1n) is 5.86. The van der Waals surface area contributed by atoms with Crippen LogP contribution in [0.2, 0.25) is 0 Å². The van der Waals surface area contributed by atoms with E-state index in [1.165, 1.54) is 0 Å². The number of hydrogen-bond acceptors (Lipinski definition) is 3. The van der Waals surface area contributed by atoms with E-state index < -0.39 is 5.67 Å². The first-order chi connectivity index (χ1) is 8.15. The highest BCUT2D eigenvalue weighted by molar-refractivity contribution is 5.95. The van der Waals surface area contributed by atoms with Crippen LogP contribution in [-0.4, -0.2) is 18.6 Å². The van der Waals surface area contributed by atoms with Crippen LogP contribution in [0.3, 0.4) is 0 Å². The molecule has 1 aliphatic carbocycles. The zero-order valence-corrected chi connectivity index (χ0v) is 9.74. The number of methoxy groups -OCH3 is 1. The van der Waals surface area contributed by atoms with Crippen molar-refractivity contribution in [3.63, 3.8) is 0 Å². The largest absolute Gasteiger partial charge is 0.497 e. The molecule has 2 N–H and O–H groups in total. The molecule has 0 spiro atoms. The molecule has 0 saturated heterocycles. The van der Waals surface area contributed by atoms with Crippen molar-refractivity contribution in [3.8, 4) is 5.75 Å². The molecule has 2 aliphatic rings. The fraction of sp³-hybridized carbons (Fsp3) is 0.462. The lowest BCUT2D eigenvalue weighted by molar-refractivity contribution is 0.232. The highest BCUT2D eigenvalue weighted by Crippen LogP contribution is 2.51. The summed E-state index contributed by atoms with van der Waals surface area (Å²) >= 11 is 0. The van der Waals surface area contributed by atoms with E-state index in [-0.39, 0.29) is 11.8 Å². The highest BCUT2D eigenvalue weighted by atomic mass is 19.1. The Bertz CT molecular complexity index is 500. The summed E-state index contributed by atoms with van der Waals surface area (Å²) in [5.41, 5.74) is 6.05. The first-order valence-corrected chi connectivity index (χ1v) is 5.86. The molecule has 1 aromatic carbocycles. The van der Waals surface area contributed by atoms with Crippen LogP contribution in [0.15, 0.2) is 23.2 Å². The Morgan fingerprint density at radius 3 is 3.12 bits per heavy atom.